The molecule has 1 aliphatic heterocycles. The first kappa shape index (κ1) is 18.5. The van der Waals surface area contributed by atoms with Gasteiger partial charge in [0.15, 0.2) is 0 Å². The summed E-state index contributed by atoms with van der Waals surface area (Å²) < 4.78 is 43.9. The van der Waals surface area contributed by atoms with Crippen LogP contribution in [-0.4, -0.2) is 22.6 Å². The molecule has 1 aromatic heterocycles. The average molecular weight is 408 g/mol. The van der Waals surface area contributed by atoms with Crippen LogP contribution in [-0.2, 0) is 11.0 Å². The summed E-state index contributed by atoms with van der Waals surface area (Å²) in [6.45, 7) is 0.338. The summed E-state index contributed by atoms with van der Waals surface area (Å²) in [6.07, 6.45) is -4.29. The number of rotatable bonds is 3. The lowest BCUT2D eigenvalue weighted by molar-refractivity contribution is -0.137. The smallest absolute Gasteiger partial charge is 0.339 e. The number of carbonyl (C=O) groups excluding carboxylic acids is 1. The Balaban J connectivity index is 1.55. The van der Waals surface area contributed by atoms with Crippen LogP contribution in [0, 0.1) is 0 Å². The molecule has 2 heterocycles. The third-order valence-corrected chi connectivity index (χ3v) is 4.75. The molecule has 28 heavy (non-hydrogen) atoms. The highest BCUT2D eigenvalue weighted by molar-refractivity contribution is 6.30. The molecule has 1 atom stereocenters. The largest absolute Gasteiger partial charge is 0.416 e. The minimum Gasteiger partial charge on any atom is -0.339 e. The number of halogens is 4. The minimum atomic E-state index is -4.46. The van der Waals surface area contributed by atoms with Crippen molar-refractivity contribution >= 4 is 23.2 Å². The van der Waals surface area contributed by atoms with E-state index in [1.165, 1.54) is 12.1 Å². The number of aromatic nitrogens is 2. The lowest BCUT2D eigenvalue weighted by atomic mass is 10.1. The predicted molar refractivity (Wildman–Crippen MR) is 95.9 cm³/mol. The normalized spacial score (nSPS) is 17.4. The molecule has 1 saturated heterocycles. The third kappa shape index (κ3) is 3.60. The predicted octanol–water partition coefficient (Wildman–Crippen LogP) is 4.93. The number of hydrogen-bond donors (Lipinski definition) is 0. The van der Waals surface area contributed by atoms with Gasteiger partial charge in [-0.2, -0.15) is 18.2 Å². The topological polar surface area (TPSA) is 59.2 Å². The summed E-state index contributed by atoms with van der Waals surface area (Å²) in [7, 11) is 0. The van der Waals surface area contributed by atoms with Crippen molar-refractivity contribution in [3.05, 3.63) is 65.0 Å². The Kier molecular flexibility index (Phi) is 4.58. The maximum absolute atomic E-state index is 12.9. The summed E-state index contributed by atoms with van der Waals surface area (Å²) in [4.78, 5) is 18.2. The number of nitrogens with zero attached hydrogens (tertiary/aromatic N) is 3. The van der Waals surface area contributed by atoms with E-state index in [1.807, 2.05) is 0 Å². The van der Waals surface area contributed by atoms with Crippen LogP contribution < -0.4 is 4.90 Å². The van der Waals surface area contributed by atoms with Crippen molar-refractivity contribution in [2.75, 3.05) is 11.4 Å². The fourth-order valence-corrected chi connectivity index (χ4v) is 3.22. The zero-order valence-corrected chi connectivity index (χ0v) is 15.0. The highest BCUT2D eigenvalue weighted by Gasteiger charge is 2.35. The first-order valence-electron chi connectivity index (χ1n) is 8.38. The second-order valence-corrected chi connectivity index (χ2v) is 6.85. The van der Waals surface area contributed by atoms with Gasteiger partial charge in [0.25, 0.3) is 0 Å². The first-order chi connectivity index (χ1) is 13.3. The Morgan fingerprint density at radius 1 is 1.14 bits per heavy atom. The number of carbonyl (C=O) groups is 1. The Morgan fingerprint density at radius 3 is 2.61 bits per heavy atom. The number of hydrogen-bond acceptors (Lipinski definition) is 4. The standard InChI is InChI=1S/C19H13ClF3N3O2/c20-14-4-6-15(7-5-14)26-10-12(9-16(26)27)18-24-17(25-28-18)11-2-1-3-13(8-11)19(21,22)23/h1-8,12H,9-10H2/t12-/m0/s1. The van der Waals surface area contributed by atoms with E-state index in [-0.39, 0.29) is 35.5 Å². The van der Waals surface area contributed by atoms with E-state index in [0.717, 1.165) is 12.1 Å². The SMILES string of the molecule is O=C1C[C@H](c2nc(-c3cccc(C(F)(F)F)c3)no2)CN1c1ccc(Cl)cc1. The summed E-state index contributed by atoms with van der Waals surface area (Å²) in [6, 6.07) is 11.6. The zero-order valence-electron chi connectivity index (χ0n) is 14.3. The van der Waals surface area contributed by atoms with Crippen LogP contribution in [0.25, 0.3) is 11.4 Å². The highest BCUT2D eigenvalue weighted by atomic mass is 35.5. The Morgan fingerprint density at radius 2 is 1.89 bits per heavy atom. The molecule has 1 aliphatic rings. The van der Waals surface area contributed by atoms with Gasteiger partial charge in [-0.05, 0) is 36.4 Å². The van der Waals surface area contributed by atoms with Crippen LogP contribution in [0.4, 0.5) is 18.9 Å². The highest BCUT2D eigenvalue weighted by Crippen LogP contribution is 2.34. The maximum Gasteiger partial charge on any atom is 0.416 e. The van der Waals surface area contributed by atoms with Crippen molar-refractivity contribution in [2.24, 2.45) is 0 Å². The molecule has 0 aliphatic carbocycles. The summed E-state index contributed by atoms with van der Waals surface area (Å²) in [5.74, 6) is -0.169. The van der Waals surface area contributed by atoms with Crippen molar-refractivity contribution in [1.82, 2.24) is 10.1 Å². The van der Waals surface area contributed by atoms with Crippen LogP contribution in [0.1, 0.15) is 23.8 Å². The van der Waals surface area contributed by atoms with E-state index >= 15 is 0 Å². The van der Waals surface area contributed by atoms with E-state index in [0.29, 0.717) is 17.3 Å². The number of alkyl halides is 3. The first-order valence-corrected chi connectivity index (χ1v) is 8.76. The zero-order chi connectivity index (χ0) is 19.9. The van der Waals surface area contributed by atoms with Gasteiger partial charge in [0.2, 0.25) is 17.6 Å². The molecule has 144 valence electrons. The number of benzene rings is 2. The molecule has 0 radical (unpaired) electrons. The van der Waals surface area contributed by atoms with E-state index in [2.05, 4.69) is 10.1 Å². The maximum atomic E-state index is 12.9. The average Bonchev–Trinajstić information content (AvgIpc) is 3.29. The fraction of sp³-hybridized carbons (Fsp3) is 0.211. The van der Waals surface area contributed by atoms with E-state index < -0.39 is 11.7 Å². The summed E-state index contributed by atoms with van der Waals surface area (Å²) in [5.41, 5.74) is 0.111. The molecular formula is C19H13ClF3N3O2. The van der Waals surface area contributed by atoms with Crippen LogP contribution in [0.15, 0.2) is 53.1 Å². The molecule has 0 spiro atoms. The van der Waals surface area contributed by atoms with E-state index in [4.69, 9.17) is 16.1 Å². The molecule has 0 unspecified atom stereocenters. The van der Waals surface area contributed by atoms with Gasteiger partial charge in [-0.15, -0.1) is 0 Å². The van der Waals surface area contributed by atoms with Gasteiger partial charge >= 0.3 is 6.18 Å². The van der Waals surface area contributed by atoms with Gasteiger partial charge in [-0.25, -0.2) is 0 Å². The molecule has 2 aromatic carbocycles. The molecule has 5 nitrogen and oxygen atoms in total. The van der Waals surface area contributed by atoms with Gasteiger partial charge < -0.3 is 9.42 Å². The number of amides is 1. The molecule has 9 heteroatoms. The van der Waals surface area contributed by atoms with Crippen LogP contribution in [0.5, 0.6) is 0 Å². The van der Waals surface area contributed by atoms with Gasteiger partial charge in [-0.3, -0.25) is 4.79 Å². The lowest BCUT2D eigenvalue weighted by Gasteiger charge is -2.15. The van der Waals surface area contributed by atoms with Crippen LogP contribution >= 0.6 is 11.6 Å². The van der Waals surface area contributed by atoms with Crippen LogP contribution in [0.3, 0.4) is 0 Å². The van der Waals surface area contributed by atoms with Gasteiger partial charge in [0.05, 0.1) is 11.5 Å². The van der Waals surface area contributed by atoms with Crippen molar-refractivity contribution in [1.29, 1.82) is 0 Å². The van der Waals surface area contributed by atoms with E-state index in [9.17, 15) is 18.0 Å². The molecule has 1 fully saturated rings. The van der Waals surface area contributed by atoms with Crippen molar-refractivity contribution in [3.8, 4) is 11.4 Å². The molecule has 1 amide bonds. The second-order valence-electron chi connectivity index (χ2n) is 6.42. The van der Waals surface area contributed by atoms with Gasteiger partial charge in [0, 0.05) is 29.2 Å². The molecule has 0 N–H and O–H groups in total. The minimum absolute atomic E-state index is 0.0542. The Labute approximate surface area is 162 Å². The summed E-state index contributed by atoms with van der Waals surface area (Å²) in [5, 5.41) is 4.35. The molecule has 4 rings (SSSR count). The fourth-order valence-electron chi connectivity index (χ4n) is 3.10. The van der Waals surface area contributed by atoms with Gasteiger partial charge in [0.1, 0.15) is 0 Å². The molecule has 3 aromatic rings. The Bertz CT molecular complexity index is 1020. The summed E-state index contributed by atoms with van der Waals surface area (Å²) >= 11 is 5.87. The molecule has 0 saturated carbocycles. The van der Waals surface area contributed by atoms with Crippen LogP contribution in [0.2, 0.25) is 5.02 Å². The third-order valence-electron chi connectivity index (χ3n) is 4.50. The van der Waals surface area contributed by atoms with Crippen molar-refractivity contribution in [2.45, 2.75) is 18.5 Å². The van der Waals surface area contributed by atoms with E-state index in [1.54, 1.807) is 29.2 Å². The monoisotopic (exact) mass is 407 g/mol. The molecular weight excluding hydrogens is 395 g/mol. The van der Waals surface area contributed by atoms with Crippen molar-refractivity contribution in [3.63, 3.8) is 0 Å². The van der Waals surface area contributed by atoms with Crippen molar-refractivity contribution < 1.29 is 22.5 Å². The molecule has 0 bridgehead atoms. The quantitative estimate of drug-likeness (QED) is 0.617. The Hall–Kier alpha value is -2.87. The lowest BCUT2D eigenvalue weighted by Crippen LogP contribution is -2.24. The second kappa shape index (κ2) is 6.94. The van der Waals surface area contributed by atoms with Gasteiger partial charge in [-0.1, -0.05) is 28.9 Å². The number of anilines is 1.